The van der Waals surface area contributed by atoms with E-state index < -0.39 is 0 Å². The number of thioether (sulfide) groups is 1. The molecule has 0 fully saturated rings. The number of fused-ring (bicyclic) bond motifs is 1. The number of rotatable bonds is 8. The van der Waals surface area contributed by atoms with Crippen molar-refractivity contribution < 1.29 is 4.74 Å². The van der Waals surface area contributed by atoms with Crippen LogP contribution in [0.2, 0.25) is 0 Å². The summed E-state index contributed by atoms with van der Waals surface area (Å²) < 4.78 is 5.64. The van der Waals surface area contributed by atoms with Crippen LogP contribution in [-0.4, -0.2) is 48.3 Å². The molecule has 4 rings (SSSR count). The molecule has 8 heteroatoms. The molecule has 164 valence electrons. The van der Waals surface area contributed by atoms with Gasteiger partial charge in [0.05, 0.1) is 0 Å². The van der Waals surface area contributed by atoms with Crippen molar-refractivity contribution in [1.29, 1.82) is 5.41 Å². The largest absolute Gasteiger partial charge is 0.462 e. The first-order valence-electron chi connectivity index (χ1n) is 10.3. The van der Waals surface area contributed by atoms with Crippen LogP contribution in [0.3, 0.4) is 0 Å². The zero-order valence-corrected chi connectivity index (χ0v) is 18.9. The van der Waals surface area contributed by atoms with E-state index in [0.717, 1.165) is 22.7 Å². The highest BCUT2D eigenvalue weighted by atomic mass is 32.2. The van der Waals surface area contributed by atoms with Gasteiger partial charge in [0.15, 0.2) is 0 Å². The second kappa shape index (κ2) is 9.84. The van der Waals surface area contributed by atoms with Crippen molar-refractivity contribution in [3.8, 4) is 6.01 Å². The number of aromatic nitrogens is 2. The van der Waals surface area contributed by atoms with Crippen LogP contribution >= 0.6 is 11.8 Å². The molecule has 4 N–H and O–H groups in total. The van der Waals surface area contributed by atoms with Gasteiger partial charge >= 0.3 is 6.01 Å². The Bertz CT molecular complexity index is 1140. The van der Waals surface area contributed by atoms with Crippen molar-refractivity contribution in [2.24, 2.45) is 5.92 Å². The number of benzene rings is 1. The van der Waals surface area contributed by atoms with Gasteiger partial charge in [-0.25, -0.2) is 4.98 Å². The van der Waals surface area contributed by atoms with Crippen LogP contribution in [0.15, 0.2) is 65.8 Å². The molecule has 1 atom stereocenters. The molecule has 2 aromatic rings. The van der Waals surface area contributed by atoms with Crippen molar-refractivity contribution in [1.82, 2.24) is 14.9 Å². The van der Waals surface area contributed by atoms with Gasteiger partial charge in [0.25, 0.3) is 0 Å². The Balaban J connectivity index is 1.60. The molecule has 0 radical (unpaired) electrons. The highest BCUT2D eigenvalue weighted by Crippen LogP contribution is 2.44. The summed E-state index contributed by atoms with van der Waals surface area (Å²) in [4.78, 5) is 12.9. The summed E-state index contributed by atoms with van der Waals surface area (Å²) in [7, 11) is 3.97. The number of nitrogen functional groups attached to an aromatic ring is 1. The number of ether oxygens (including phenoxy) is 1. The van der Waals surface area contributed by atoms with Gasteiger partial charge in [-0.2, -0.15) is 4.98 Å². The SMILES string of the molecule is CN(C)CCOc1nccc(Nc2cc(C=N)c(N)c(C3=CC4C=CC=CC(=C4)S3)c2)n1. The van der Waals surface area contributed by atoms with Crippen LogP contribution in [0.4, 0.5) is 17.2 Å². The molecule has 32 heavy (non-hydrogen) atoms. The number of likely N-dealkylation sites (N-methyl/N-ethyl adjacent to an activating group) is 1. The third-order valence-corrected chi connectivity index (χ3v) is 6.03. The maximum atomic E-state index is 7.84. The van der Waals surface area contributed by atoms with Crippen LogP contribution in [0.25, 0.3) is 4.91 Å². The molecule has 2 heterocycles. The molecule has 1 aliphatic heterocycles. The van der Waals surface area contributed by atoms with E-state index in [1.165, 1.54) is 11.1 Å². The first-order chi connectivity index (χ1) is 15.5. The fourth-order valence-corrected chi connectivity index (χ4v) is 4.44. The van der Waals surface area contributed by atoms with Gasteiger partial charge < -0.3 is 26.1 Å². The van der Waals surface area contributed by atoms with E-state index in [1.54, 1.807) is 24.0 Å². The number of allylic oxidation sites excluding steroid dienone is 6. The second-order valence-electron chi connectivity index (χ2n) is 7.70. The van der Waals surface area contributed by atoms with E-state index in [-0.39, 0.29) is 5.92 Å². The van der Waals surface area contributed by atoms with Crippen molar-refractivity contribution in [2.75, 3.05) is 38.3 Å². The first kappa shape index (κ1) is 21.9. The summed E-state index contributed by atoms with van der Waals surface area (Å²) in [6.07, 6.45) is 15.7. The number of nitrogens with two attached hydrogens (primary N) is 1. The molecule has 2 bridgehead atoms. The quantitative estimate of drug-likeness (QED) is 0.407. The van der Waals surface area contributed by atoms with E-state index in [1.807, 2.05) is 37.2 Å². The number of anilines is 3. The highest BCUT2D eigenvalue weighted by molar-refractivity contribution is 8.12. The zero-order valence-electron chi connectivity index (χ0n) is 18.1. The number of hydrogen-bond donors (Lipinski definition) is 3. The minimum atomic E-state index is 0.222. The molecule has 2 aliphatic rings. The van der Waals surface area contributed by atoms with Crippen molar-refractivity contribution in [2.45, 2.75) is 0 Å². The van der Waals surface area contributed by atoms with Crippen molar-refractivity contribution >= 4 is 40.1 Å². The minimum absolute atomic E-state index is 0.222. The standard InChI is InChI=1S/C24H26N6OS/c1-30(2)9-10-31-24-27-8-7-22(29-24)28-18-13-17(15-25)23(26)20(14-18)21-12-16-5-3-4-6-19(11-16)32-21/h3-8,11-16,25H,9-10,26H2,1-2H3,(H,27,28,29). The average Bonchev–Trinajstić information content (AvgIpc) is 2.94. The van der Waals surface area contributed by atoms with Gasteiger partial charge in [0.1, 0.15) is 12.4 Å². The van der Waals surface area contributed by atoms with Gasteiger partial charge in [-0.1, -0.05) is 42.1 Å². The maximum Gasteiger partial charge on any atom is 0.318 e. The summed E-state index contributed by atoms with van der Waals surface area (Å²) in [5.74, 6) is 0.832. The predicted molar refractivity (Wildman–Crippen MR) is 134 cm³/mol. The zero-order chi connectivity index (χ0) is 22.5. The van der Waals surface area contributed by atoms with E-state index in [0.29, 0.717) is 29.7 Å². The lowest BCUT2D eigenvalue weighted by Gasteiger charge is -2.20. The topological polar surface area (TPSA) is 100 Å². The summed E-state index contributed by atoms with van der Waals surface area (Å²) in [5.41, 5.74) is 9.37. The number of nitrogens with one attached hydrogen (secondary N) is 2. The Labute approximate surface area is 192 Å². The van der Waals surface area contributed by atoms with Gasteiger partial charge in [-0.3, -0.25) is 0 Å². The van der Waals surface area contributed by atoms with E-state index in [2.05, 4.69) is 45.7 Å². The van der Waals surface area contributed by atoms with Gasteiger partial charge in [-0.05, 0) is 38.4 Å². The van der Waals surface area contributed by atoms with Crippen LogP contribution < -0.4 is 15.8 Å². The average molecular weight is 447 g/mol. The molecule has 7 nitrogen and oxygen atoms in total. The summed E-state index contributed by atoms with van der Waals surface area (Å²) in [5, 5.41) is 11.1. The van der Waals surface area contributed by atoms with Crippen molar-refractivity contribution in [3.05, 3.63) is 76.9 Å². The van der Waals surface area contributed by atoms with Crippen molar-refractivity contribution in [3.63, 3.8) is 0 Å². The Morgan fingerprint density at radius 1 is 1.28 bits per heavy atom. The lowest BCUT2D eigenvalue weighted by atomic mass is 10.0. The van der Waals surface area contributed by atoms with Crippen LogP contribution in [0, 0.1) is 11.3 Å². The Morgan fingerprint density at radius 2 is 2.16 bits per heavy atom. The Hall–Kier alpha value is -3.36. The lowest BCUT2D eigenvalue weighted by Crippen LogP contribution is -2.20. The molecule has 0 saturated carbocycles. The molecule has 1 aromatic heterocycles. The fraction of sp³-hybridized carbons (Fsp3) is 0.208. The van der Waals surface area contributed by atoms with Crippen LogP contribution in [0.1, 0.15) is 11.1 Å². The molecule has 1 unspecified atom stereocenters. The first-order valence-corrected chi connectivity index (χ1v) is 11.1. The third kappa shape index (κ3) is 5.27. The molecular weight excluding hydrogens is 420 g/mol. The van der Waals surface area contributed by atoms with Gasteiger partial charge in [0, 0.05) is 57.2 Å². The van der Waals surface area contributed by atoms with E-state index >= 15 is 0 Å². The monoisotopic (exact) mass is 446 g/mol. The van der Waals surface area contributed by atoms with Crippen LogP contribution in [0.5, 0.6) is 6.01 Å². The molecule has 1 aromatic carbocycles. The molecule has 1 aliphatic carbocycles. The smallest absolute Gasteiger partial charge is 0.318 e. The van der Waals surface area contributed by atoms with E-state index in [4.69, 9.17) is 15.9 Å². The summed E-state index contributed by atoms with van der Waals surface area (Å²) in [6.45, 7) is 1.28. The second-order valence-corrected chi connectivity index (χ2v) is 8.81. The summed E-state index contributed by atoms with van der Waals surface area (Å²) >= 11 is 1.68. The summed E-state index contributed by atoms with van der Waals surface area (Å²) in [6, 6.07) is 5.95. The molecule has 0 amide bonds. The number of nitrogens with zero attached hydrogens (tertiary/aromatic N) is 3. The van der Waals surface area contributed by atoms with Gasteiger partial charge in [0.2, 0.25) is 0 Å². The normalized spacial score (nSPS) is 16.9. The number of hydrogen-bond acceptors (Lipinski definition) is 8. The van der Waals surface area contributed by atoms with Crippen LogP contribution in [-0.2, 0) is 0 Å². The van der Waals surface area contributed by atoms with E-state index in [9.17, 15) is 0 Å². The highest BCUT2D eigenvalue weighted by Gasteiger charge is 2.19. The van der Waals surface area contributed by atoms with Gasteiger partial charge in [-0.15, -0.1) is 0 Å². The predicted octanol–water partition coefficient (Wildman–Crippen LogP) is 4.45. The maximum absolute atomic E-state index is 7.84. The minimum Gasteiger partial charge on any atom is -0.462 e. The fourth-order valence-electron chi connectivity index (χ4n) is 3.31. The third-order valence-electron chi connectivity index (χ3n) is 4.94. The Kier molecular flexibility index (Phi) is 6.72. The Morgan fingerprint density at radius 3 is 2.97 bits per heavy atom. The molecule has 0 saturated heterocycles. The molecule has 0 spiro atoms. The molecular formula is C24H26N6OS. The lowest BCUT2D eigenvalue weighted by molar-refractivity contribution is 0.246.